The van der Waals surface area contributed by atoms with Gasteiger partial charge >= 0.3 is 0 Å². The molecule has 0 heterocycles. The normalized spacial score (nSPS) is 46.3. The molecule has 0 spiro atoms. The highest BCUT2D eigenvalue weighted by molar-refractivity contribution is 5.06. The summed E-state index contributed by atoms with van der Waals surface area (Å²) >= 11 is 0. The highest BCUT2D eigenvalue weighted by Gasteiger charge is 2.56. The molecule has 3 aliphatic carbocycles. The van der Waals surface area contributed by atoms with Crippen molar-refractivity contribution in [3.8, 4) is 0 Å². The monoisotopic (exact) mass is 250 g/mol. The maximum Gasteiger partial charge on any atom is 0.000642 e. The van der Waals surface area contributed by atoms with Gasteiger partial charge < -0.3 is 9.80 Å². The van der Waals surface area contributed by atoms with Crippen molar-refractivity contribution in [1.29, 1.82) is 0 Å². The third-order valence-electron chi connectivity index (χ3n) is 5.99. The van der Waals surface area contributed by atoms with Gasteiger partial charge in [-0.15, -0.1) is 0 Å². The molecule has 2 bridgehead atoms. The van der Waals surface area contributed by atoms with Gasteiger partial charge in [-0.1, -0.05) is 0 Å². The Morgan fingerprint density at radius 3 is 2.11 bits per heavy atom. The molecule has 2 heteroatoms. The number of hydrogen-bond acceptors (Lipinski definition) is 2. The van der Waals surface area contributed by atoms with Gasteiger partial charge in [-0.2, -0.15) is 0 Å². The number of fused-ring (bicyclic) bond motifs is 5. The fourth-order valence-corrected chi connectivity index (χ4v) is 5.78. The third-order valence-corrected chi connectivity index (χ3v) is 5.99. The van der Waals surface area contributed by atoms with Gasteiger partial charge in [0.25, 0.3) is 0 Å². The summed E-state index contributed by atoms with van der Waals surface area (Å²) in [6.07, 6.45) is 6.15. The Kier molecular flexibility index (Phi) is 3.44. The number of hydrogen-bond donors (Lipinski definition) is 0. The van der Waals surface area contributed by atoms with Crippen molar-refractivity contribution in [2.45, 2.75) is 25.7 Å². The zero-order valence-electron chi connectivity index (χ0n) is 12.6. The van der Waals surface area contributed by atoms with Crippen molar-refractivity contribution in [3.05, 3.63) is 0 Å². The van der Waals surface area contributed by atoms with Gasteiger partial charge in [0.15, 0.2) is 0 Å². The molecule has 18 heavy (non-hydrogen) atoms. The van der Waals surface area contributed by atoms with E-state index in [0.29, 0.717) is 0 Å². The lowest BCUT2D eigenvalue weighted by Crippen LogP contribution is -2.35. The van der Waals surface area contributed by atoms with Crippen LogP contribution >= 0.6 is 0 Å². The van der Waals surface area contributed by atoms with Crippen molar-refractivity contribution in [1.82, 2.24) is 9.80 Å². The van der Waals surface area contributed by atoms with Crippen LogP contribution in [-0.4, -0.2) is 51.1 Å². The lowest BCUT2D eigenvalue weighted by Gasteiger charge is -2.35. The van der Waals surface area contributed by atoms with Crippen molar-refractivity contribution >= 4 is 0 Å². The molecule has 0 saturated heterocycles. The van der Waals surface area contributed by atoms with Gasteiger partial charge in [0.05, 0.1) is 0 Å². The SMILES string of the molecule is CN(C)CC1CC2CC1C1CCC(CN(C)C)C21. The lowest BCUT2D eigenvalue weighted by atomic mass is 9.73. The second-order valence-corrected chi connectivity index (χ2v) is 7.76. The van der Waals surface area contributed by atoms with Gasteiger partial charge in [-0.25, -0.2) is 0 Å². The molecular formula is C16H30N2. The van der Waals surface area contributed by atoms with E-state index in [1.54, 1.807) is 6.42 Å². The molecule has 3 fully saturated rings. The van der Waals surface area contributed by atoms with E-state index >= 15 is 0 Å². The van der Waals surface area contributed by atoms with Crippen LogP contribution in [-0.2, 0) is 0 Å². The molecule has 0 aromatic rings. The predicted molar refractivity (Wildman–Crippen MR) is 76.5 cm³/mol. The summed E-state index contributed by atoms with van der Waals surface area (Å²) in [5.41, 5.74) is 0. The first-order valence-corrected chi connectivity index (χ1v) is 7.85. The van der Waals surface area contributed by atoms with E-state index in [0.717, 1.165) is 35.5 Å². The predicted octanol–water partition coefficient (Wildman–Crippen LogP) is 2.41. The van der Waals surface area contributed by atoms with Gasteiger partial charge in [-0.05, 0) is 89.4 Å². The maximum absolute atomic E-state index is 2.41. The zero-order valence-corrected chi connectivity index (χ0v) is 12.6. The highest BCUT2D eigenvalue weighted by atomic mass is 15.1. The highest BCUT2D eigenvalue weighted by Crippen LogP contribution is 2.62. The maximum atomic E-state index is 2.41. The molecule has 6 atom stereocenters. The van der Waals surface area contributed by atoms with Crippen LogP contribution < -0.4 is 0 Å². The van der Waals surface area contributed by atoms with Crippen LogP contribution in [0.2, 0.25) is 0 Å². The first-order chi connectivity index (χ1) is 8.56. The van der Waals surface area contributed by atoms with Crippen molar-refractivity contribution in [2.24, 2.45) is 35.5 Å². The van der Waals surface area contributed by atoms with Crippen LogP contribution in [0.15, 0.2) is 0 Å². The van der Waals surface area contributed by atoms with Crippen molar-refractivity contribution < 1.29 is 0 Å². The minimum absolute atomic E-state index is 1.01. The molecule has 0 aromatic heterocycles. The second kappa shape index (κ2) is 4.79. The minimum Gasteiger partial charge on any atom is -0.309 e. The molecule has 3 rings (SSSR count). The lowest BCUT2D eigenvalue weighted by molar-refractivity contribution is 0.127. The fraction of sp³-hybridized carbons (Fsp3) is 1.00. The largest absolute Gasteiger partial charge is 0.309 e. The number of nitrogens with zero attached hydrogens (tertiary/aromatic N) is 2. The van der Waals surface area contributed by atoms with Gasteiger partial charge in [0.1, 0.15) is 0 Å². The van der Waals surface area contributed by atoms with Crippen molar-refractivity contribution in [2.75, 3.05) is 41.3 Å². The van der Waals surface area contributed by atoms with Crippen LogP contribution in [0.5, 0.6) is 0 Å². The first kappa shape index (κ1) is 12.9. The Morgan fingerprint density at radius 2 is 1.44 bits per heavy atom. The Hall–Kier alpha value is -0.0800. The van der Waals surface area contributed by atoms with Gasteiger partial charge in [0.2, 0.25) is 0 Å². The molecule has 104 valence electrons. The van der Waals surface area contributed by atoms with E-state index in [2.05, 4.69) is 38.0 Å². The standard InChI is InChI=1S/C16H30N2/c1-17(2)9-11-5-6-14-15-8-12(16(11)14)7-13(15)10-18(3)4/h11-16H,5-10H2,1-4H3. The van der Waals surface area contributed by atoms with E-state index in [1.807, 2.05) is 0 Å². The van der Waals surface area contributed by atoms with Crippen molar-refractivity contribution in [3.63, 3.8) is 0 Å². The minimum atomic E-state index is 1.01. The summed E-state index contributed by atoms with van der Waals surface area (Å²) in [6, 6.07) is 0. The summed E-state index contributed by atoms with van der Waals surface area (Å²) in [4.78, 5) is 4.82. The van der Waals surface area contributed by atoms with E-state index in [-0.39, 0.29) is 0 Å². The Bertz CT molecular complexity index is 299. The molecule has 3 aliphatic rings. The molecule has 0 amide bonds. The molecule has 6 unspecified atom stereocenters. The van der Waals surface area contributed by atoms with Gasteiger partial charge in [0, 0.05) is 13.1 Å². The van der Waals surface area contributed by atoms with E-state index < -0.39 is 0 Å². The molecule has 0 N–H and O–H groups in total. The molecule has 0 aliphatic heterocycles. The van der Waals surface area contributed by atoms with E-state index in [1.165, 1.54) is 32.4 Å². The van der Waals surface area contributed by atoms with Gasteiger partial charge in [-0.3, -0.25) is 0 Å². The zero-order chi connectivity index (χ0) is 12.9. The molecular weight excluding hydrogens is 220 g/mol. The van der Waals surface area contributed by atoms with Crippen LogP contribution in [0.4, 0.5) is 0 Å². The summed E-state index contributed by atoms with van der Waals surface area (Å²) < 4.78 is 0. The number of rotatable bonds is 4. The Balaban J connectivity index is 1.66. The van der Waals surface area contributed by atoms with Crippen LogP contribution in [0.3, 0.4) is 0 Å². The topological polar surface area (TPSA) is 6.48 Å². The molecule has 0 aromatic carbocycles. The summed E-state index contributed by atoms with van der Waals surface area (Å²) in [5, 5.41) is 0. The van der Waals surface area contributed by atoms with E-state index in [4.69, 9.17) is 0 Å². The average Bonchev–Trinajstić information content (AvgIpc) is 2.88. The summed E-state index contributed by atoms with van der Waals surface area (Å²) in [6.45, 7) is 2.67. The van der Waals surface area contributed by atoms with Crippen LogP contribution in [0, 0.1) is 35.5 Å². The second-order valence-electron chi connectivity index (χ2n) is 7.76. The Labute approximate surface area is 113 Å². The summed E-state index contributed by atoms with van der Waals surface area (Å²) in [5.74, 6) is 6.38. The van der Waals surface area contributed by atoms with Crippen LogP contribution in [0.25, 0.3) is 0 Å². The fourth-order valence-electron chi connectivity index (χ4n) is 5.78. The smallest absolute Gasteiger partial charge is 0.000642 e. The first-order valence-electron chi connectivity index (χ1n) is 7.85. The average molecular weight is 250 g/mol. The molecule has 0 radical (unpaired) electrons. The summed E-state index contributed by atoms with van der Waals surface area (Å²) in [7, 11) is 8.98. The van der Waals surface area contributed by atoms with Crippen LogP contribution in [0.1, 0.15) is 25.7 Å². The molecule has 3 saturated carbocycles. The quantitative estimate of drug-likeness (QED) is 0.756. The van der Waals surface area contributed by atoms with E-state index in [9.17, 15) is 0 Å². The Morgan fingerprint density at radius 1 is 0.778 bits per heavy atom. The third kappa shape index (κ3) is 2.12. The molecule has 2 nitrogen and oxygen atoms in total.